The van der Waals surface area contributed by atoms with Gasteiger partial charge in [-0.15, -0.1) is 11.8 Å². The van der Waals surface area contributed by atoms with Gasteiger partial charge < -0.3 is 0 Å². The van der Waals surface area contributed by atoms with E-state index in [-0.39, 0.29) is 0 Å². The standard InChI is InChI=1S/C6H6N3S3/c1-5(8-11-3-7-1)6-2-10-4-12-9-6/h1-2H,3-4H2. The second-order valence-corrected chi connectivity index (χ2v) is 4.71. The van der Waals surface area contributed by atoms with Crippen LogP contribution in [-0.4, -0.2) is 22.9 Å². The molecule has 0 atom stereocenters. The molecule has 0 amide bonds. The van der Waals surface area contributed by atoms with Gasteiger partial charge in [-0.1, -0.05) is 0 Å². The van der Waals surface area contributed by atoms with Gasteiger partial charge in [0.05, 0.1) is 11.3 Å². The van der Waals surface area contributed by atoms with Crippen molar-refractivity contribution >= 4 is 47.6 Å². The predicted octanol–water partition coefficient (Wildman–Crippen LogP) is 1.92. The Labute approximate surface area is 83.8 Å². The van der Waals surface area contributed by atoms with E-state index in [0.29, 0.717) is 0 Å². The summed E-state index contributed by atoms with van der Waals surface area (Å²) in [5.41, 5.74) is 1.85. The van der Waals surface area contributed by atoms with E-state index in [1.807, 2.05) is 5.41 Å². The Kier molecular flexibility index (Phi) is 3.02. The summed E-state index contributed by atoms with van der Waals surface area (Å²) in [6.07, 6.45) is 1.79. The largest absolute Gasteiger partial charge is 0.278 e. The van der Waals surface area contributed by atoms with Gasteiger partial charge in [0.25, 0.3) is 0 Å². The Hall–Kier alpha value is -0.0700. The fourth-order valence-electron chi connectivity index (χ4n) is 0.760. The van der Waals surface area contributed by atoms with Crippen LogP contribution >= 0.6 is 35.7 Å². The molecule has 12 heavy (non-hydrogen) atoms. The summed E-state index contributed by atoms with van der Waals surface area (Å²) in [4.78, 5) is 4.12. The van der Waals surface area contributed by atoms with Crippen molar-refractivity contribution < 1.29 is 0 Å². The molecule has 2 rings (SSSR count). The maximum atomic E-state index is 4.27. The first-order valence-corrected chi connectivity index (χ1v) is 6.25. The van der Waals surface area contributed by atoms with E-state index in [2.05, 4.69) is 14.1 Å². The SMILES string of the molecule is C1=NCSN=C1C1=CSCS[N]1. The number of allylic oxidation sites excluding steroid dienone is 1. The molecule has 3 nitrogen and oxygen atoms in total. The van der Waals surface area contributed by atoms with Crippen molar-refractivity contribution in [2.24, 2.45) is 9.39 Å². The van der Waals surface area contributed by atoms with Gasteiger partial charge in [0.1, 0.15) is 17.3 Å². The average Bonchev–Trinajstić information content (AvgIpc) is 2.21. The summed E-state index contributed by atoms with van der Waals surface area (Å²) < 4.78 is 8.52. The van der Waals surface area contributed by atoms with E-state index in [0.717, 1.165) is 22.4 Å². The van der Waals surface area contributed by atoms with Gasteiger partial charge >= 0.3 is 0 Å². The summed E-state index contributed by atoms with van der Waals surface area (Å²) in [6, 6.07) is 0. The van der Waals surface area contributed by atoms with Crippen molar-refractivity contribution in [1.82, 2.24) is 4.72 Å². The number of hydrogen-bond donors (Lipinski definition) is 0. The van der Waals surface area contributed by atoms with Crippen molar-refractivity contribution in [3.8, 4) is 0 Å². The Morgan fingerprint density at radius 1 is 1.33 bits per heavy atom. The zero-order chi connectivity index (χ0) is 8.23. The Bertz CT molecular complexity index is 259. The molecule has 2 heterocycles. The highest BCUT2D eigenvalue weighted by Gasteiger charge is 2.12. The number of rotatable bonds is 1. The van der Waals surface area contributed by atoms with Crippen LogP contribution in [0.5, 0.6) is 0 Å². The number of thioether (sulfide) groups is 1. The molecule has 0 unspecified atom stereocenters. The van der Waals surface area contributed by atoms with Gasteiger partial charge in [0, 0.05) is 5.41 Å². The Morgan fingerprint density at radius 2 is 2.33 bits per heavy atom. The van der Waals surface area contributed by atoms with Gasteiger partial charge in [-0.25, -0.2) is 9.12 Å². The minimum atomic E-state index is 0.733. The highest BCUT2D eigenvalue weighted by molar-refractivity contribution is 8.17. The quantitative estimate of drug-likeness (QED) is 0.629. The highest BCUT2D eigenvalue weighted by Crippen LogP contribution is 2.23. The summed E-state index contributed by atoms with van der Waals surface area (Å²) in [7, 11) is 0. The van der Waals surface area contributed by atoms with Crippen LogP contribution < -0.4 is 4.72 Å². The molecule has 0 fully saturated rings. The smallest absolute Gasteiger partial charge is 0.116 e. The molecule has 0 saturated heterocycles. The lowest BCUT2D eigenvalue weighted by Crippen LogP contribution is -2.14. The topological polar surface area (TPSA) is 38.8 Å². The fraction of sp³-hybridized carbons (Fsp3) is 0.333. The molecule has 1 radical (unpaired) electrons. The first kappa shape index (κ1) is 8.52. The van der Waals surface area contributed by atoms with Crippen LogP contribution in [0, 0.1) is 0 Å². The van der Waals surface area contributed by atoms with Gasteiger partial charge in [-0.05, 0) is 23.9 Å². The summed E-state index contributed by atoms with van der Waals surface area (Å²) in [5, 5.41) is 3.04. The molecule has 0 aromatic heterocycles. The van der Waals surface area contributed by atoms with E-state index < -0.39 is 0 Å². The number of hydrogen-bond acceptors (Lipinski definition) is 5. The zero-order valence-corrected chi connectivity index (χ0v) is 8.58. The molecule has 0 N–H and O–H groups in total. The molecule has 0 saturated carbocycles. The first-order chi connectivity index (χ1) is 5.97. The lowest BCUT2D eigenvalue weighted by atomic mass is 10.3. The average molecular weight is 216 g/mol. The summed E-state index contributed by atoms with van der Waals surface area (Å²) >= 11 is 4.78. The third kappa shape index (κ3) is 1.99. The van der Waals surface area contributed by atoms with Crippen LogP contribution in [0.15, 0.2) is 20.5 Å². The van der Waals surface area contributed by atoms with Gasteiger partial charge in [-0.2, -0.15) is 0 Å². The molecular weight excluding hydrogens is 210 g/mol. The molecule has 2 aliphatic heterocycles. The second kappa shape index (κ2) is 4.25. The van der Waals surface area contributed by atoms with Gasteiger partial charge in [-0.3, -0.25) is 4.99 Å². The van der Waals surface area contributed by atoms with Crippen LogP contribution in [0.2, 0.25) is 0 Å². The van der Waals surface area contributed by atoms with Crippen LogP contribution in [0.4, 0.5) is 0 Å². The van der Waals surface area contributed by atoms with Gasteiger partial charge in [0.15, 0.2) is 0 Å². The Morgan fingerprint density at radius 3 is 3.00 bits per heavy atom. The minimum absolute atomic E-state index is 0.733. The van der Waals surface area contributed by atoms with Crippen molar-refractivity contribution in [2.45, 2.75) is 0 Å². The molecule has 0 aromatic rings. The molecular formula is C6H6N3S3. The van der Waals surface area contributed by atoms with Crippen molar-refractivity contribution in [3.05, 3.63) is 11.1 Å². The third-order valence-electron chi connectivity index (χ3n) is 1.25. The molecule has 0 bridgehead atoms. The predicted molar refractivity (Wildman–Crippen MR) is 58.7 cm³/mol. The molecule has 0 spiro atoms. The molecule has 0 aliphatic carbocycles. The van der Waals surface area contributed by atoms with Crippen LogP contribution in [-0.2, 0) is 0 Å². The number of aliphatic imine (C=N–C) groups is 1. The van der Waals surface area contributed by atoms with Crippen LogP contribution in [0.3, 0.4) is 0 Å². The lowest BCUT2D eigenvalue weighted by Gasteiger charge is -2.11. The number of nitrogens with zero attached hydrogens (tertiary/aromatic N) is 3. The van der Waals surface area contributed by atoms with E-state index in [1.54, 1.807) is 29.9 Å². The van der Waals surface area contributed by atoms with E-state index in [9.17, 15) is 0 Å². The fourth-order valence-corrected chi connectivity index (χ4v) is 2.65. The highest BCUT2D eigenvalue weighted by atomic mass is 32.2. The minimum Gasteiger partial charge on any atom is -0.278 e. The Balaban J connectivity index is 2.12. The van der Waals surface area contributed by atoms with Crippen molar-refractivity contribution in [1.29, 1.82) is 0 Å². The van der Waals surface area contributed by atoms with Crippen LogP contribution in [0.25, 0.3) is 0 Å². The van der Waals surface area contributed by atoms with E-state index in [1.165, 1.54) is 11.9 Å². The zero-order valence-electron chi connectivity index (χ0n) is 6.14. The molecule has 6 heteroatoms. The maximum Gasteiger partial charge on any atom is 0.116 e. The lowest BCUT2D eigenvalue weighted by molar-refractivity contribution is 1.30. The van der Waals surface area contributed by atoms with Crippen molar-refractivity contribution in [3.63, 3.8) is 0 Å². The molecule has 63 valence electrons. The first-order valence-electron chi connectivity index (χ1n) is 3.32. The third-order valence-corrected chi connectivity index (χ3v) is 3.52. The monoisotopic (exact) mass is 216 g/mol. The summed E-state index contributed by atoms with van der Waals surface area (Å²) in [5.74, 6) is 0.733. The van der Waals surface area contributed by atoms with E-state index in [4.69, 9.17) is 0 Å². The molecule has 0 aromatic carbocycles. The second-order valence-electron chi connectivity index (χ2n) is 2.05. The van der Waals surface area contributed by atoms with Crippen LogP contribution in [0.1, 0.15) is 0 Å². The normalized spacial score (nSPS) is 22.7. The summed E-state index contributed by atoms with van der Waals surface area (Å²) in [6.45, 7) is 0. The molecule has 2 aliphatic rings. The van der Waals surface area contributed by atoms with E-state index >= 15 is 0 Å². The van der Waals surface area contributed by atoms with Gasteiger partial charge in [0.2, 0.25) is 0 Å². The van der Waals surface area contributed by atoms with Crippen molar-refractivity contribution in [2.75, 3.05) is 11.0 Å². The maximum absolute atomic E-state index is 4.27.